The quantitative estimate of drug-likeness (QED) is 0.799. The average molecular weight is 316 g/mol. The zero-order valence-corrected chi connectivity index (χ0v) is 13.4. The number of esters is 2. The van der Waals surface area contributed by atoms with Crippen LogP contribution in [0.4, 0.5) is 0 Å². The molecule has 0 unspecified atom stereocenters. The highest BCUT2D eigenvalue weighted by atomic mass is 16.6. The first kappa shape index (κ1) is 15.7. The third-order valence-electron chi connectivity index (χ3n) is 4.44. The van der Waals surface area contributed by atoms with Crippen molar-refractivity contribution in [2.24, 2.45) is 0 Å². The predicted octanol–water partition coefficient (Wildman–Crippen LogP) is 2.77. The summed E-state index contributed by atoms with van der Waals surface area (Å²) in [5.74, 6) is -0.573. The summed E-state index contributed by atoms with van der Waals surface area (Å²) in [5, 5.41) is 0. The summed E-state index contributed by atoms with van der Waals surface area (Å²) in [4.78, 5) is 24.5. The summed E-state index contributed by atoms with van der Waals surface area (Å²) in [7, 11) is 1.43. The number of hydrogen-bond donors (Lipinski definition) is 0. The highest BCUT2D eigenvalue weighted by Crippen LogP contribution is 2.48. The van der Waals surface area contributed by atoms with Gasteiger partial charge in [0.15, 0.2) is 11.4 Å². The van der Waals surface area contributed by atoms with Gasteiger partial charge in [0.05, 0.1) is 0 Å². The molecule has 1 fully saturated rings. The van der Waals surface area contributed by atoms with Gasteiger partial charge in [-0.3, -0.25) is 0 Å². The Balaban J connectivity index is 2.10. The van der Waals surface area contributed by atoms with Crippen LogP contribution >= 0.6 is 0 Å². The fourth-order valence-corrected chi connectivity index (χ4v) is 3.36. The summed E-state index contributed by atoms with van der Waals surface area (Å²) < 4.78 is 16.1. The first-order valence-electron chi connectivity index (χ1n) is 7.81. The second-order valence-electron chi connectivity index (χ2n) is 6.02. The van der Waals surface area contributed by atoms with Crippen LogP contribution in [0, 0.1) is 6.92 Å². The number of hydrogen-bond acceptors (Lipinski definition) is 5. The van der Waals surface area contributed by atoms with E-state index in [1.165, 1.54) is 7.11 Å². The van der Waals surface area contributed by atoms with Crippen molar-refractivity contribution in [1.82, 2.24) is 0 Å². The molecule has 2 aliphatic rings. The maximum atomic E-state index is 12.5. The van der Waals surface area contributed by atoms with E-state index in [0.29, 0.717) is 24.2 Å². The van der Waals surface area contributed by atoms with E-state index in [9.17, 15) is 9.59 Å². The molecular weight excluding hydrogens is 296 g/mol. The van der Waals surface area contributed by atoms with E-state index in [1.807, 2.05) is 31.2 Å². The van der Waals surface area contributed by atoms with Gasteiger partial charge in [0.25, 0.3) is 0 Å². The van der Waals surface area contributed by atoms with E-state index in [0.717, 1.165) is 24.0 Å². The van der Waals surface area contributed by atoms with Gasteiger partial charge in [-0.25, -0.2) is 9.59 Å². The zero-order valence-electron chi connectivity index (χ0n) is 13.4. The zero-order chi connectivity index (χ0) is 16.4. The summed E-state index contributed by atoms with van der Waals surface area (Å²) in [6.07, 6.45) is 3.26. The van der Waals surface area contributed by atoms with Gasteiger partial charge in [0, 0.05) is 7.11 Å². The Labute approximate surface area is 135 Å². The number of ether oxygens (including phenoxy) is 3. The van der Waals surface area contributed by atoms with Gasteiger partial charge in [-0.15, -0.1) is 0 Å². The topological polar surface area (TPSA) is 61.8 Å². The van der Waals surface area contributed by atoms with Crippen LogP contribution in [0.15, 0.2) is 30.0 Å². The number of aryl methyl sites for hydroxylation is 1. The Morgan fingerprint density at radius 1 is 1.26 bits per heavy atom. The summed E-state index contributed by atoms with van der Waals surface area (Å²) in [6.45, 7) is 1.76. The molecule has 1 aliphatic heterocycles. The fraction of sp³-hybridized carbons (Fsp3) is 0.444. The maximum absolute atomic E-state index is 12.5. The van der Waals surface area contributed by atoms with E-state index < -0.39 is 17.5 Å². The molecule has 1 heterocycles. The Bertz CT molecular complexity index is 668. The van der Waals surface area contributed by atoms with Crippen LogP contribution in [-0.2, 0) is 23.8 Å². The van der Waals surface area contributed by atoms with Gasteiger partial charge in [-0.05, 0) is 43.7 Å². The molecule has 0 amide bonds. The molecule has 0 atom stereocenters. The van der Waals surface area contributed by atoms with Gasteiger partial charge in [0.2, 0.25) is 0 Å². The van der Waals surface area contributed by atoms with Gasteiger partial charge in [-0.1, -0.05) is 24.3 Å². The number of rotatable bonds is 4. The molecule has 0 aromatic heterocycles. The first-order valence-corrected chi connectivity index (χ1v) is 7.81. The van der Waals surface area contributed by atoms with Crippen LogP contribution in [-0.4, -0.2) is 31.3 Å². The molecule has 23 heavy (non-hydrogen) atoms. The predicted molar refractivity (Wildman–Crippen MR) is 83.4 cm³/mol. The molecule has 122 valence electrons. The highest BCUT2D eigenvalue weighted by molar-refractivity contribution is 6.20. The lowest BCUT2D eigenvalue weighted by Gasteiger charge is -2.24. The lowest BCUT2D eigenvalue weighted by Crippen LogP contribution is -2.31. The molecule has 5 heteroatoms. The molecule has 1 aromatic rings. The van der Waals surface area contributed by atoms with Crippen molar-refractivity contribution >= 4 is 17.5 Å². The van der Waals surface area contributed by atoms with E-state index in [1.54, 1.807) is 0 Å². The molecule has 1 aliphatic carbocycles. The molecule has 1 spiro atoms. The minimum Gasteiger partial charge on any atom is -0.447 e. The van der Waals surface area contributed by atoms with Crippen molar-refractivity contribution < 1.29 is 23.8 Å². The van der Waals surface area contributed by atoms with Crippen molar-refractivity contribution in [3.8, 4) is 0 Å². The van der Waals surface area contributed by atoms with Crippen LogP contribution in [0.3, 0.4) is 0 Å². The number of benzene rings is 1. The number of methoxy groups -OCH3 is 1. The van der Waals surface area contributed by atoms with Crippen molar-refractivity contribution in [1.29, 1.82) is 0 Å². The van der Waals surface area contributed by atoms with Crippen molar-refractivity contribution in [3.63, 3.8) is 0 Å². The molecular formula is C18H20O5. The van der Waals surface area contributed by atoms with Gasteiger partial charge in [0.1, 0.15) is 12.2 Å². The van der Waals surface area contributed by atoms with E-state index in [-0.39, 0.29) is 6.61 Å². The Kier molecular flexibility index (Phi) is 4.22. The van der Waals surface area contributed by atoms with Gasteiger partial charge >= 0.3 is 11.9 Å². The van der Waals surface area contributed by atoms with Crippen LogP contribution in [0.2, 0.25) is 0 Å². The van der Waals surface area contributed by atoms with Gasteiger partial charge < -0.3 is 14.2 Å². The van der Waals surface area contributed by atoms with Crippen LogP contribution in [0.5, 0.6) is 0 Å². The fourth-order valence-electron chi connectivity index (χ4n) is 3.36. The Morgan fingerprint density at radius 3 is 2.61 bits per heavy atom. The summed E-state index contributed by atoms with van der Waals surface area (Å²) in [6, 6.07) is 7.53. The van der Waals surface area contributed by atoms with Crippen molar-refractivity contribution in [3.05, 3.63) is 41.2 Å². The number of carbonyl (C=O) groups excluding carboxylic acids is 2. The van der Waals surface area contributed by atoms with E-state index in [4.69, 9.17) is 14.2 Å². The van der Waals surface area contributed by atoms with Crippen LogP contribution < -0.4 is 0 Å². The smallest absolute Gasteiger partial charge is 0.343 e. The molecule has 0 saturated heterocycles. The third-order valence-corrected chi connectivity index (χ3v) is 4.44. The van der Waals surface area contributed by atoms with Crippen molar-refractivity contribution in [2.45, 2.75) is 38.2 Å². The summed E-state index contributed by atoms with van der Waals surface area (Å²) in [5.41, 5.74) is 1.27. The SMILES string of the molecule is COCC(=O)OC1=C(c2ccccc2C)C(=O)OC12CCCC2. The molecule has 1 aromatic carbocycles. The Hall–Kier alpha value is -2.14. The van der Waals surface area contributed by atoms with E-state index >= 15 is 0 Å². The molecule has 5 nitrogen and oxygen atoms in total. The average Bonchev–Trinajstić information content (AvgIpc) is 3.07. The molecule has 1 saturated carbocycles. The minimum absolute atomic E-state index is 0.158. The van der Waals surface area contributed by atoms with Crippen molar-refractivity contribution in [2.75, 3.05) is 13.7 Å². The first-order chi connectivity index (χ1) is 11.1. The minimum atomic E-state index is -0.794. The maximum Gasteiger partial charge on any atom is 0.343 e. The van der Waals surface area contributed by atoms with Crippen LogP contribution in [0.1, 0.15) is 36.8 Å². The third kappa shape index (κ3) is 2.77. The summed E-state index contributed by atoms with van der Waals surface area (Å²) >= 11 is 0. The molecule has 0 N–H and O–H groups in total. The largest absolute Gasteiger partial charge is 0.447 e. The normalized spacial score (nSPS) is 19.3. The second-order valence-corrected chi connectivity index (χ2v) is 6.02. The van der Waals surface area contributed by atoms with E-state index in [2.05, 4.69) is 0 Å². The molecule has 0 bridgehead atoms. The highest BCUT2D eigenvalue weighted by Gasteiger charge is 2.52. The lowest BCUT2D eigenvalue weighted by atomic mass is 9.93. The van der Waals surface area contributed by atoms with Gasteiger partial charge in [-0.2, -0.15) is 0 Å². The monoisotopic (exact) mass is 316 g/mol. The molecule has 3 rings (SSSR count). The molecule has 0 radical (unpaired) electrons. The lowest BCUT2D eigenvalue weighted by molar-refractivity contribution is -0.154. The number of carbonyl (C=O) groups is 2. The Morgan fingerprint density at radius 2 is 1.96 bits per heavy atom. The second kappa shape index (κ2) is 6.16. The standard InChI is InChI=1S/C18H20O5/c1-12-7-3-4-8-13(12)15-16(22-14(19)11-21-2)18(23-17(15)20)9-5-6-10-18/h3-4,7-8H,5-6,9-11H2,1-2H3. The van der Waals surface area contributed by atoms with Crippen LogP contribution in [0.25, 0.3) is 5.57 Å².